The molecular weight excluding hydrogens is 363 g/mol. The van der Waals surface area contributed by atoms with Crippen LogP contribution in [0.4, 0.5) is 0 Å². The molecule has 0 spiro atoms. The first-order valence-electron chi connectivity index (χ1n) is 6.58. The second-order valence-electron chi connectivity index (χ2n) is 4.98. The lowest BCUT2D eigenvalue weighted by Gasteiger charge is -2.31. The third kappa shape index (κ3) is 4.35. The van der Waals surface area contributed by atoms with Crippen LogP contribution in [-0.4, -0.2) is 18.5 Å². The Morgan fingerprint density at radius 3 is 2.75 bits per heavy atom. The molecule has 20 heavy (non-hydrogen) atoms. The first-order valence-corrected chi connectivity index (χ1v) is 7.75. The Hall–Kier alpha value is -0.290. The van der Waals surface area contributed by atoms with Crippen molar-refractivity contribution in [1.82, 2.24) is 5.32 Å². The number of halogens is 3. The Labute approximate surface area is 139 Å². The molecule has 3 N–H and O–H groups in total. The Morgan fingerprint density at radius 2 is 2.10 bits per heavy atom. The van der Waals surface area contributed by atoms with Gasteiger partial charge in [-0.3, -0.25) is 4.79 Å². The maximum Gasteiger partial charge on any atom is 0.252 e. The van der Waals surface area contributed by atoms with E-state index in [1.807, 2.05) is 0 Å². The molecule has 2 atom stereocenters. The number of hydrogen-bond donors (Lipinski definition) is 2. The number of nitrogens with two attached hydrogens (primary N) is 1. The SMILES string of the molecule is Cl.NCC1CCCCC1NC(=O)c1ccc(Cl)cc1Br. The molecule has 2 unspecified atom stereocenters. The van der Waals surface area contributed by atoms with Crippen molar-refractivity contribution < 1.29 is 4.79 Å². The fraction of sp³-hybridized carbons (Fsp3) is 0.500. The summed E-state index contributed by atoms with van der Waals surface area (Å²) < 4.78 is 0.720. The van der Waals surface area contributed by atoms with Gasteiger partial charge in [0.05, 0.1) is 5.56 Å². The summed E-state index contributed by atoms with van der Waals surface area (Å²) in [6, 6.07) is 5.39. The number of nitrogens with one attached hydrogen (secondary N) is 1. The Balaban J connectivity index is 0.00000200. The van der Waals surface area contributed by atoms with Crippen molar-refractivity contribution in [1.29, 1.82) is 0 Å². The second kappa shape index (κ2) is 8.23. The fourth-order valence-electron chi connectivity index (χ4n) is 2.60. The first-order chi connectivity index (χ1) is 9.11. The van der Waals surface area contributed by atoms with Gasteiger partial charge >= 0.3 is 0 Å². The van der Waals surface area contributed by atoms with Gasteiger partial charge in [-0.2, -0.15) is 0 Å². The summed E-state index contributed by atoms with van der Waals surface area (Å²) in [5, 5.41) is 3.72. The van der Waals surface area contributed by atoms with Gasteiger partial charge in [0.1, 0.15) is 0 Å². The molecule has 3 nitrogen and oxygen atoms in total. The zero-order valence-corrected chi connectivity index (χ0v) is 14.2. The topological polar surface area (TPSA) is 55.1 Å². The van der Waals surface area contributed by atoms with Gasteiger partial charge in [0.25, 0.3) is 5.91 Å². The minimum atomic E-state index is -0.0612. The summed E-state index contributed by atoms with van der Waals surface area (Å²) in [6.07, 6.45) is 4.48. The van der Waals surface area contributed by atoms with E-state index >= 15 is 0 Å². The van der Waals surface area contributed by atoms with Gasteiger partial charge in [-0.25, -0.2) is 0 Å². The van der Waals surface area contributed by atoms with Gasteiger partial charge in [-0.1, -0.05) is 24.4 Å². The lowest BCUT2D eigenvalue weighted by Crippen LogP contribution is -2.44. The fourth-order valence-corrected chi connectivity index (χ4v) is 3.46. The summed E-state index contributed by atoms with van der Waals surface area (Å²) >= 11 is 9.26. The number of benzene rings is 1. The van der Waals surface area contributed by atoms with E-state index in [1.165, 1.54) is 6.42 Å². The standard InChI is InChI=1S/C14H18BrClN2O.ClH/c15-12-7-10(16)5-6-11(12)14(19)18-13-4-2-1-3-9(13)8-17;/h5-7,9,13H,1-4,8,17H2,(H,18,19);1H. The Bertz CT molecular complexity index is 470. The zero-order chi connectivity index (χ0) is 13.8. The van der Waals surface area contributed by atoms with E-state index < -0.39 is 0 Å². The molecule has 1 fully saturated rings. The minimum Gasteiger partial charge on any atom is -0.349 e. The van der Waals surface area contributed by atoms with Crippen LogP contribution in [0, 0.1) is 5.92 Å². The van der Waals surface area contributed by atoms with Crippen molar-refractivity contribution >= 4 is 45.8 Å². The van der Waals surface area contributed by atoms with Crippen molar-refractivity contribution in [3.63, 3.8) is 0 Å². The first kappa shape index (κ1) is 17.8. The molecule has 0 radical (unpaired) electrons. The summed E-state index contributed by atoms with van der Waals surface area (Å²) in [4.78, 5) is 12.3. The van der Waals surface area contributed by atoms with Crippen LogP contribution in [0.15, 0.2) is 22.7 Å². The lowest BCUT2D eigenvalue weighted by molar-refractivity contribution is 0.0907. The molecule has 0 aliphatic heterocycles. The smallest absolute Gasteiger partial charge is 0.252 e. The van der Waals surface area contributed by atoms with Gasteiger partial charge in [-0.15, -0.1) is 12.4 Å². The van der Waals surface area contributed by atoms with Crippen molar-refractivity contribution in [2.24, 2.45) is 11.7 Å². The Morgan fingerprint density at radius 1 is 1.40 bits per heavy atom. The molecule has 0 heterocycles. The van der Waals surface area contributed by atoms with Gasteiger partial charge in [0.2, 0.25) is 0 Å². The van der Waals surface area contributed by atoms with Crippen molar-refractivity contribution in [2.45, 2.75) is 31.7 Å². The molecule has 1 amide bonds. The van der Waals surface area contributed by atoms with Crippen molar-refractivity contribution in [3.05, 3.63) is 33.3 Å². The van der Waals surface area contributed by atoms with Crippen LogP contribution in [-0.2, 0) is 0 Å². The minimum absolute atomic E-state index is 0. The summed E-state index contributed by atoms with van der Waals surface area (Å²) in [6.45, 7) is 0.632. The van der Waals surface area contributed by atoms with Crippen LogP contribution < -0.4 is 11.1 Å². The van der Waals surface area contributed by atoms with Crippen LogP contribution in [0.2, 0.25) is 5.02 Å². The van der Waals surface area contributed by atoms with Crippen LogP contribution in [0.25, 0.3) is 0 Å². The van der Waals surface area contributed by atoms with Crippen LogP contribution >= 0.6 is 39.9 Å². The molecule has 1 aromatic rings. The quantitative estimate of drug-likeness (QED) is 0.837. The third-order valence-electron chi connectivity index (χ3n) is 3.70. The highest BCUT2D eigenvalue weighted by Crippen LogP contribution is 2.25. The summed E-state index contributed by atoms with van der Waals surface area (Å²) in [5.74, 6) is 0.331. The highest BCUT2D eigenvalue weighted by Gasteiger charge is 2.26. The van der Waals surface area contributed by atoms with Crippen molar-refractivity contribution in [2.75, 3.05) is 6.54 Å². The van der Waals surface area contributed by atoms with Gasteiger partial charge in [-0.05, 0) is 59.4 Å². The molecule has 112 valence electrons. The van der Waals surface area contributed by atoms with E-state index in [1.54, 1.807) is 18.2 Å². The number of amides is 1. The largest absolute Gasteiger partial charge is 0.349 e. The van der Waals surface area contributed by atoms with Gasteiger partial charge in [0.15, 0.2) is 0 Å². The lowest BCUT2D eigenvalue weighted by atomic mass is 9.84. The zero-order valence-electron chi connectivity index (χ0n) is 11.1. The highest BCUT2D eigenvalue weighted by molar-refractivity contribution is 9.10. The maximum absolute atomic E-state index is 12.3. The molecule has 1 aliphatic rings. The number of carbonyl (C=O) groups excluding carboxylic acids is 1. The molecule has 0 aromatic heterocycles. The Kier molecular flexibility index (Phi) is 7.30. The van der Waals surface area contributed by atoms with E-state index in [9.17, 15) is 4.79 Å². The number of hydrogen-bond acceptors (Lipinski definition) is 2. The van der Waals surface area contributed by atoms with E-state index in [4.69, 9.17) is 17.3 Å². The maximum atomic E-state index is 12.3. The number of rotatable bonds is 3. The molecule has 1 aliphatic carbocycles. The van der Waals surface area contributed by atoms with Gasteiger partial charge < -0.3 is 11.1 Å². The normalized spacial score (nSPS) is 21.9. The summed E-state index contributed by atoms with van der Waals surface area (Å²) in [7, 11) is 0. The molecule has 2 rings (SSSR count). The number of carbonyl (C=O) groups is 1. The van der Waals surface area contributed by atoms with E-state index in [0.717, 1.165) is 23.7 Å². The second-order valence-corrected chi connectivity index (χ2v) is 6.28. The molecule has 6 heteroatoms. The average Bonchev–Trinajstić information content (AvgIpc) is 2.39. The predicted octanol–water partition coefficient (Wildman–Crippen LogP) is 3.77. The monoisotopic (exact) mass is 380 g/mol. The van der Waals surface area contributed by atoms with E-state index in [0.29, 0.717) is 23.0 Å². The van der Waals surface area contributed by atoms with Crippen LogP contribution in [0.3, 0.4) is 0 Å². The molecule has 0 saturated heterocycles. The average molecular weight is 382 g/mol. The molecule has 0 bridgehead atoms. The predicted molar refractivity (Wildman–Crippen MR) is 88.7 cm³/mol. The van der Waals surface area contributed by atoms with Gasteiger partial charge in [0, 0.05) is 15.5 Å². The summed E-state index contributed by atoms with van der Waals surface area (Å²) in [5.41, 5.74) is 6.40. The molecule has 1 saturated carbocycles. The van der Waals surface area contributed by atoms with Crippen molar-refractivity contribution in [3.8, 4) is 0 Å². The van der Waals surface area contributed by atoms with E-state index in [2.05, 4.69) is 21.2 Å². The molecule has 1 aromatic carbocycles. The highest BCUT2D eigenvalue weighted by atomic mass is 79.9. The van der Waals surface area contributed by atoms with Crippen LogP contribution in [0.5, 0.6) is 0 Å². The molecular formula is C14H19BrCl2N2O. The van der Waals surface area contributed by atoms with E-state index in [-0.39, 0.29) is 24.4 Å². The third-order valence-corrected chi connectivity index (χ3v) is 4.60. The van der Waals surface area contributed by atoms with Crippen LogP contribution in [0.1, 0.15) is 36.0 Å².